The number of aromatic carboxylic acids is 1. The third-order valence-corrected chi connectivity index (χ3v) is 3.24. The summed E-state index contributed by atoms with van der Waals surface area (Å²) in [5.74, 6) is -1.70. The van der Waals surface area contributed by atoms with E-state index in [1.165, 1.54) is 12.1 Å². The van der Waals surface area contributed by atoms with Crippen LogP contribution in [0.15, 0.2) is 27.2 Å². The molecule has 1 aromatic carbocycles. The van der Waals surface area contributed by atoms with Gasteiger partial charge in [0.15, 0.2) is 11.5 Å². The van der Waals surface area contributed by atoms with Gasteiger partial charge in [-0.2, -0.15) is 0 Å². The van der Waals surface area contributed by atoms with Crippen LogP contribution in [0.5, 0.6) is 0 Å². The Morgan fingerprint density at radius 3 is 2.71 bits per heavy atom. The van der Waals surface area contributed by atoms with E-state index in [1.54, 1.807) is 0 Å². The average Bonchev–Trinajstić information content (AvgIpc) is 2.74. The highest BCUT2D eigenvalue weighted by Crippen LogP contribution is 2.31. The molecule has 1 N–H and O–H groups in total. The molecule has 0 spiro atoms. The Morgan fingerprint density at radius 1 is 1.47 bits per heavy atom. The van der Waals surface area contributed by atoms with Crippen LogP contribution in [0.1, 0.15) is 10.5 Å². The smallest absolute Gasteiger partial charge is 0.358 e. The minimum atomic E-state index is -1.21. The van der Waals surface area contributed by atoms with Crippen molar-refractivity contribution in [1.82, 2.24) is 5.16 Å². The summed E-state index contributed by atoms with van der Waals surface area (Å²) in [5.41, 5.74) is 0.102. The molecule has 0 bridgehead atoms. The first kappa shape index (κ1) is 12.1. The van der Waals surface area contributed by atoms with E-state index in [4.69, 9.17) is 21.2 Å². The highest BCUT2D eigenvalue weighted by atomic mass is 79.9. The van der Waals surface area contributed by atoms with Crippen LogP contribution in [-0.2, 0) is 0 Å². The van der Waals surface area contributed by atoms with Crippen LogP contribution in [0.3, 0.4) is 0 Å². The molecule has 0 aliphatic rings. The standard InChI is InChI=1S/C10H4BrClFNO3/c11-5-1-4(2-6(13)9(5)12)8-3-7(10(15)16)14-17-8/h1-3H,(H,15,16). The van der Waals surface area contributed by atoms with Crippen molar-refractivity contribution >= 4 is 33.5 Å². The molecular weight excluding hydrogens is 316 g/mol. The van der Waals surface area contributed by atoms with Crippen LogP contribution in [0, 0.1) is 5.82 Å². The van der Waals surface area contributed by atoms with Crippen LogP contribution in [0.4, 0.5) is 4.39 Å². The third kappa shape index (κ3) is 2.32. The van der Waals surface area contributed by atoms with Crippen LogP contribution in [0.2, 0.25) is 5.02 Å². The van der Waals surface area contributed by atoms with Crippen molar-refractivity contribution in [3.8, 4) is 11.3 Å². The number of hydrogen-bond donors (Lipinski definition) is 1. The minimum absolute atomic E-state index is 0.0493. The Morgan fingerprint density at radius 2 is 2.18 bits per heavy atom. The summed E-state index contributed by atoms with van der Waals surface area (Å²) >= 11 is 8.71. The molecule has 88 valence electrons. The quantitative estimate of drug-likeness (QED) is 0.859. The summed E-state index contributed by atoms with van der Waals surface area (Å²) in [6, 6.07) is 3.86. The minimum Gasteiger partial charge on any atom is -0.476 e. The van der Waals surface area contributed by atoms with Crippen LogP contribution < -0.4 is 0 Å². The number of carboxylic acids is 1. The summed E-state index contributed by atoms with van der Waals surface area (Å²) < 4.78 is 18.5. The van der Waals surface area contributed by atoms with Gasteiger partial charge in [-0.05, 0) is 28.1 Å². The van der Waals surface area contributed by atoms with Gasteiger partial charge in [-0.25, -0.2) is 9.18 Å². The highest BCUT2D eigenvalue weighted by molar-refractivity contribution is 9.10. The van der Waals surface area contributed by atoms with Gasteiger partial charge in [0, 0.05) is 16.1 Å². The van der Waals surface area contributed by atoms with E-state index >= 15 is 0 Å². The van der Waals surface area contributed by atoms with E-state index in [1.807, 2.05) is 0 Å². The second-order valence-corrected chi connectivity index (χ2v) is 4.37. The fourth-order valence-corrected chi connectivity index (χ4v) is 1.75. The lowest BCUT2D eigenvalue weighted by Gasteiger charge is -2.00. The van der Waals surface area contributed by atoms with Crippen molar-refractivity contribution in [2.45, 2.75) is 0 Å². The maximum atomic E-state index is 13.4. The van der Waals surface area contributed by atoms with Crippen molar-refractivity contribution in [1.29, 1.82) is 0 Å². The summed E-state index contributed by atoms with van der Waals surface area (Å²) in [6.45, 7) is 0. The number of benzene rings is 1. The molecule has 4 nitrogen and oxygen atoms in total. The van der Waals surface area contributed by atoms with Crippen LogP contribution >= 0.6 is 27.5 Å². The predicted molar refractivity (Wildman–Crippen MR) is 61.6 cm³/mol. The second-order valence-electron chi connectivity index (χ2n) is 3.14. The Labute approximate surface area is 108 Å². The van der Waals surface area contributed by atoms with Crippen LogP contribution in [0.25, 0.3) is 11.3 Å². The van der Waals surface area contributed by atoms with Crippen LogP contribution in [-0.4, -0.2) is 16.2 Å². The molecule has 0 radical (unpaired) electrons. The lowest BCUT2D eigenvalue weighted by Crippen LogP contribution is -1.94. The van der Waals surface area contributed by atoms with Gasteiger partial charge >= 0.3 is 5.97 Å². The molecule has 0 saturated heterocycles. The second kappa shape index (κ2) is 4.46. The van der Waals surface area contributed by atoms with Crippen molar-refractivity contribution in [3.05, 3.63) is 39.2 Å². The Kier molecular flexibility index (Phi) is 3.17. The van der Waals surface area contributed by atoms with Crippen molar-refractivity contribution < 1.29 is 18.8 Å². The molecular formula is C10H4BrClFNO3. The zero-order chi connectivity index (χ0) is 12.6. The summed E-state index contributed by atoms with van der Waals surface area (Å²) in [4.78, 5) is 10.6. The summed E-state index contributed by atoms with van der Waals surface area (Å²) in [6.07, 6.45) is 0. The zero-order valence-electron chi connectivity index (χ0n) is 8.08. The fraction of sp³-hybridized carbons (Fsp3) is 0. The molecule has 0 aliphatic carbocycles. The van der Waals surface area contributed by atoms with Gasteiger partial charge in [0.25, 0.3) is 0 Å². The molecule has 0 atom stereocenters. The van der Waals surface area contributed by atoms with Gasteiger partial charge in [-0.15, -0.1) is 0 Å². The topological polar surface area (TPSA) is 63.3 Å². The van der Waals surface area contributed by atoms with Gasteiger partial charge in [-0.3, -0.25) is 0 Å². The number of carbonyl (C=O) groups is 1. The van der Waals surface area contributed by atoms with Gasteiger partial charge in [0.2, 0.25) is 0 Å². The first-order valence-corrected chi connectivity index (χ1v) is 5.51. The number of halogens is 3. The monoisotopic (exact) mass is 319 g/mol. The molecule has 0 aliphatic heterocycles. The van der Waals surface area contributed by atoms with Gasteiger partial charge in [-0.1, -0.05) is 16.8 Å². The first-order valence-electron chi connectivity index (χ1n) is 4.34. The summed E-state index contributed by atoms with van der Waals surface area (Å²) in [5, 5.41) is 12.0. The van der Waals surface area contributed by atoms with Gasteiger partial charge in [0.05, 0.1) is 5.02 Å². The largest absolute Gasteiger partial charge is 0.476 e. The summed E-state index contributed by atoms with van der Waals surface area (Å²) in [7, 11) is 0. The van der Waals surface area contributed by atoms with Gasteiger partial charge < -0.3 is 9.63 Å². The number of hydrogen-bond acceptors (Lipinski definition) is 3. The Hall–Kier alpha value is -1.40. The van der Waals surface area contributed by atoms with E-state index in [-0.39, 0.29) is 16.5 Å². The predicted octanol–water partition coefficient (Wildman–Crippen LogP) is 3.59. The Balaban J connectivity index is 2.49. The molecule has 1 heterocycles. The number of aromatic nitrogens is 1. The SMILES string of the molecule is O=C(O)c1cc(-c2cc(F)c(Cl)c(Br)c2)on1. The molecule has 0 fully saturated rings. The van der Waals surface area contributed by atoms with E-state index < -0.39 is 11.8 Å². The number of rotatable bonds is 2. The fourth-order valence-electron chi connectivity index (χ4n) is 1.21. The molecule has 0 saturated carbocycles. The average molecular weight is 321 g/mol. The first-order chi connectivity index (χ1) is 7.99. The van der Waals surface area contributed by atoms with E-state index in [2.05, 4.69) is 21.1 Å². The molecule has 1 aromatic heterocycles. The van der Waals surface area contributed by atoms with Crippen molar-refractivity contribution in [2.24, 2.45) is 0 Å². The Bertz CT molecular complexity index is 576. The van der Waals surface area contributed by atoms with E-state index in [9.17, 15) is 9.18 Å². The number of carboxylic acid groups (broad SMARTS) is 1. The van der Waals surface area contributed by atoms with Crippen molar-refractivity contribution in [3.63, 3.8) is 0 Å². The maximum absolute atomic E-state index is 13.4. The van der Waals surface area contributed by atoms with E-state index in [0.29, 0.717) is 10.0 Å². The lowest BCUT2D eigenvalue weighted by molar-refractivity contribution is 0.0686. The number of nitrogens with zero attached hydrogens (tertiary/aromatic N) is 1. The third-order valence-electron chi connectivity index (χ3n) is 2.00. The van der Waals surface area contributed by atoms with E-state index in [0.717, 1.165) is 6.07 Å². The van der Waals surface area contributed by atoms with Crippen molar-refractivity contribution in [2.75, 3.05) is 0 Å². The molecule has 0 amide bonds. The lowest BCUT2D eigenvalue weighted by atomic mass is 10.1. The molecule has 2 aromatic rings. The maximum Gasteiger partial charge on any atom is 0.358 e. The molecule has 7 heteroatoms. The molecule has 17 heavy (non-hydrogen) atoms. The highest BCUT2D eigenvalue weighted by Gasteiger charge is 2.15. The van der Waals surface area contributed by atoms with Gasteiger partial charge in [0.1, 0.15) is 5.82 Å². The molecule has 0 unspecified atom stereocenters. The normalized spacial score (nSPS) is 10.5. The molecule has 2 rings (SSSR count). The zero-order valence-corrected chi connectivity index (χ0v) is 10.4.